The van der Waals surface area contributed by atoms with Gasteiger partial charge in [-0.25, -0.2) is 0 Å². The van der Waals surface area contributed by atoms with Crippen molar-refractivity contribution in [2.24, 2.45) is 0 Å². The molecule has 0 atom stereocenters. The third-order valence-corrected chi connectivity index (χ3v) is 5.09. The quantitative estimate of drug-likeness (QED) is 0.843. The Kier molecular flexibility index (Phi) is 4.70. The van der Waals surface area contributed by atoms with Crippen LogP contribution in [-0.4, -0.2) is 23.3 Å². The third kappa shape index (κ3) is 3.84. The molecule has 0 saturated heterocycles. The lowest BCUT2D eigenvalue weighted by Crippen LogP contribution is -2.19. The first-order chi connectivity index (χ1) is 10.7. The molecule has 22 heavy (non-hydrogen) atoms. The highest BCUT2D eigenvalue weighted by Crippen LogP contribution is 2.33. The number of anilines is 2. The molecule has 2 aromatic carbocycles. The van der Waals surface area contributed by atoms with E-state index in [-0.39, 0.29) is 11.8 Å². The van der Waals surface area contributed by atoms with Gasteiger partial charge in [0.25, 0.3) is 0 Å². The molecule has 0 spiro atoms. The Balaban J connectivity index is 1.60. The van der Waals surface area contributed by atoms with Crippen LogP contribution in [0.4, 0.5) is 11.4 Å². The van der Waals surface area contributed by atoms with E-state index in [9.17, 15) is 9.59 Å². The minimum Gasteiger partial charge on any atom is -0.325 e. The van der Waals surface area contributed by atoms with E-state index < -0.39 is 0 Å². The van der Waals surface area contributed by atoms with Gasteiger partial charge in [-0.1, -0.05) is 18.2 Å². The molecule has 6 heteroatoms. The van der Waals surface area contributed by atoms with Crippen LogP contribution in [0.15, 0.2) is 58.3 Å². The zero-order valence-corrected chi connectivity index (χ0v) is 13.3. The van der Waals surface area contributed by atoms with Crippen LogP contribution in [0.25, 0.3) is 0 Å². The summed E-state index contributed by atoms with van der Waals surface area (Å²) >= 11 is 2.99. The van der Waals surface area contributed by atoms with Gasteiger partial charge in [0.2, 0.25) is 11.8 Å². The molecule has 1 heterocycles. The maximum Gasteiger partial charge on any atom is 0.234 e. The van der Waals surface area contributed by atoms with Gasteiger partial charge < -0.3 is 10.6 Å². The summed E-state index contributed by atoms with van der Waals surface area (Å²) in [7, 11) is 0. The Morgan fingerprint density at radius 1 is 1.23 bits per heavy atom. The monoisotopic (exact) mass is 330 g/mol. The van der Waals surface area contributed by atoms with Gasteiger partial charge in [0.05, 0.1) is 17.2 Å². The first kappa shape index (κ1) is 15.0. The Morgan fingerprint density at radius 2 is 2.05 bits per heavy atom. The van der Waals surface area contributed by atoms with Crippen LogP contribution in [-0.2, 0) is 9.59 Å². The van der Waals surface area contributed by atoms with E-state index in [0.717, 1.165) is 15.5 Å². The van der Waals surface area contributed by atoms with Crippen molar-refractivity contribution >= 4 is 46.7 Å². The van der Waals surface area contributed by atoms with Crippen LogP contribution in [0, 0.1) is 0 Å². The zero-order valence-electron chi connectivity index (χ0n) is 11.7. The van der Waals surface area contributed by atoms with Gasteiger partial charge in [0, 0.05) is 15.5 Å². The summed E-state index contributed by atoms with van der Waals surface area (Å²) < 4.78 is 0. The van der Waals surface area contributed by atoms with E-state index in [4.69, 9.17) is 0 Å². The predicted molar refractivity (Wildman–Crippen MR) is 91.6 cm³/mol. The van der Waals surface area contributed by atoms with Gasteiger partial charge in [-0.15, -0.1) is 23.5 Å². The number of carbonyl (C=O) groups excluding carboxylic acids is 2. The summed E-state index contributed by atoms with van der Waals surface area (Å²) in [6.07, 6.45) is 0. The standard InChI is InChI=1S/C16H14N2O2S2/c19-15(9-21-12-4-2-1-3-5-12)17-11-6-7-14-13(8-11)18-16(20)10-22-14/h1-8H,9-10H2,(H,17,19)(H,18,20). The van der Waals surface area contributed by atoms with Crippen LogP contribution in [0.2, 0.25) is 0 Å². The first-order valence-corrected chi connectivity index (χ1v) is 8.72. The summed E-state index contributed by atoms with van der Waals surface area (Å²) in [4.78, 5) is 25.5. The maximum atomic E-state index is 12.0. The van der Waals surface area contributed by atoms with E-state index >= 15 is 0 Å². The SMILES string of the molecule is O=C(CSc1ccccc1)Nc1ccc2c(c1)NC(=O)CS2. The minimum absolute atomic E-state index is 0.0133. The fourth-order valence-electron chi connectivity index (χ4n) is 2.02. The molecule has 0 aliphatic carbocycles. The zero-order chi connectivity index (χ0) is 15.4. The Labute approximate surface area is 137 Å². The normalized spacial score (nSPS) is 13.2. The van der Waals surface area contributed by atoms with Crippen molar-refractivity contribution in [1.82, 2.24) is 0 Å². The highest BCUT2D eigenvalue weighted by atomic mass is 32.2. The van der Waals surface area contributed by atoms with Crippen molar-refractivity contribution in [3.05, 3.63) is 48.5 Å². The van der Waals surface area contributed by atoms with Gasteiger partial charge in [0.15, 0.2) is 0 Å². The predicted octanol–water partition coefficient (Wildman–Crippen LogP) is 3.46. The molecule has 2 aromatic rings. The summed E-state index contributed by atoms with van der Waals surface area (Å²) in [5.41, 5.74) is 1.45. The van der Waals surface area contributed by atoms with Crippen LogP contribution < -0.4 is 10.6 Å². The molecule has 112 valence electrons. The number of thioether (sulfide) groups is 2. The summed E-state index contributed by atoms with van der Waals surface area (Å²) in [6, 6.07) is 15.4. The number of nitrogens with one attached hydrogen (secondary N) is 2. The van der Waals surface area contributed by atoms with Crippen molar-refractivity contribution in [3.63, 3.8) is 0 Å². The van der Waals surface area contributed by atoms with Gasteiger partial charge in [0.1, 0.15) is 0 Å². The molecule has 0 bridgehead atoms. The number of hydrogen-bond donors (Lipinski definition) is 2. The van der Waals surface area contributed by atoms with Crippen molar-refractivity contribution in [2.45, 2.75) is 9.79 Å². The molecular weight excluding hydrogens is 316 g/mol. The number of rotatable bonds is 4. The van der Waals surface area contributed by atoms with Crippen LogP contribution in [0.1, 0.15) is 0 Å². The van der Waals surface area contributed by atoms with E-state index in [2.05, 4.69) is 10.6 Å². The van der Waals surface area contributed by atoms with Crippen molar-refractivity contribution < 1.29 is 9.59 Å². The van der Waals surface area contributed by atoms with Crippen molar-refractivity contribution in [1.29, 1.82) is 0 Å². The highest BCUT2D eigenvalue weighted by molar-refractivity contribution is 8.00. The molecule has 1 aliphatic heterocycles. The number of fused-ring (bicyclic) bond motifs is 1. The molecule has 3 rings (SSSR count). The summed E-state index contributed by atoms with van der Waals surface area (Å²) in [5, 5.41) is 5.67. The van der Waals surface area contributed by atoms with Crippen molar-refractivity contribution in [3.8, 4) is 0 Å². The average molecular weight is 330 g/mol. The Hall–Kier alpha value is -1.92. The second kappa shape index (κ2) is 6.89. The molecule has 0 radical (unpaired) electrons. The Morgan fingerprint density at radius 3 is 2.86 bits per heavy atom. The van der Waals surface area contributed by atoms with Crippen LogP contribution in [0.3, 0.4) is 0 Å². The topological polar surface area (TPSA) is 58.2 Å². The van der Waals surface area contributed by atoms with Gasteiger partial charge in [-0.3, -0.25) is 9.59 Å². The van der Waals surface area contributed by atoms with Crippen LogP contribution in [0.5, 0.6) is 0 Å². The molecule has 1 aliphatic rings. The largest absolute Gasteiger partial charge is 0.325 e. The average Bonchev–Trinajstić information content (AvgIpc) is 2.53. The molecule has 2 amide bonds. The number of benzene rings is 2. The van der Waals surface area contributed by atoms with Gasteiger partial charge in [-0.2, -0.15) is 0 Å². The van der Waals surface area contributed by atoms with E-state index in [1.165, 1.54) is 23.5 Å². The fraction of sp³-hybridized carbons (Fsp3) is 0.125. The lowest BCUT2D eigenvalue weighted by atomic mass is 10.2. The maximum absolute atomic E-state index is 12.0. The lowest BCUT2D eigenvalue weighted by Gasteiger charge is -2.17. The third-order valence-electron chi connectivity index (χ3n) is 3.01. The minimum atomic E-state index is -0.0661. The van der Waals surface area contributed by atoms with Gasteiger partial charge >= 0.3 is 0 Å². The molecule has 0 fully saturated rings. The van der Waals surface area contributed by atoms with Crippen LogP contribution >= 0.6 is 23.5 Å². The molecule has 0 unspecified atom stereocenters. The second-order valence-electron chi connectivity index (χ2n) is 4.70. The molecule has 0 aromatic heterocycles. The fourth-order valence-corrected chi connectivity index (χ4v) is 3.53. The summed E-state index contributed by atoms with van der Waals surface area (Å²) in [6.45, 7) is 0. The summed E-state index contributed by atoms with van der Waals surface area (Å²) in [5.74, 6) is 0.707. The van der Waals surface area contributed by atoms with E-state index in [1.807, 2.05) is 42.5 Å². The molecule has 0 saturated carbocycles. The smallest absolute Gasteiger partial charge is 0.234 e. The Bertz CT molecular complexity index is 705. The highest BCUT2D eigenvalue weighted by Gasteiger charge is 2.15. The number of carbonyl (C=O) groups is 2. The van der Waals surface area contributed by atoms with Crippen molar-refractivity contribution in [2.75, 3.05) is 22.1 Å². The van der Waals surface area contributed by atoms with E-state index in [0.29, 0.717) is 17.2 Å². The molecule has 2 N–H and O–H groups in total. The second-order valence-corrected chi connectivity index (χ2v) is 6.76. The molecule has 4 nitrogen and oxygen atoms in total. The number of hydrogen-bond acceptors (Lipinski definition) is 4. The lowest BCUT2D eigenvalue weighted by molar-refractivity contribution is -0.114. The van der Waals surface area contributed by atoms with E-state index in [1.54, 1.807) is 6.07 Å². The number of amides is 2. The molecular formula is C16H14N2O2S2. The first-order valence-electron chi connectivity index (χ1n) is 6.75. The van der Waals surface area contributed by atoms with Gasteiger partial charge in [-0.05, 0) is 30.3 Å².